The number of aliphatic hydroxyl groups excluding tert-OH is 1. The normalized spacial score (nSPS) is 12.4. The molecule has 0 atom stereocenters. The van der Waals surface area contributed by atoms with Crippen molar-refractivity contribution in [3.8, 4) is 5.75 Å². The number of hydrogen-bond acceptors (Lipinski definition) is 5. The number of methoxy groups -OCH3 is 1. The van der Waals surface area contributed by atoms with E-state index in [1.165, 1.54) is 0 Å². The van der Waals surface area contributed by atoms with Crippen LogP contribution in [-0.4, -0.2) is 41.1 Å². The molecule has 0 spiro atoms. The van der Waals surface area contributed by atoms with Crippen LogP contribution in [0, 0.1) is 0 Å². The van der Waals surface area contributed by atoms with E-state index in [4.69, 9.17) is 14.8 Å². The summed E-state index contributed by atoms with van der Waals surface area (Å²) in [6, 6.07) is 21.9. The molecular formula is C23H24BrN3O2. The van der Waals surface area contributed by atoms with Gasteiger partial charge in [0.1, 0.15) is 11.4 Å². The molecule has 1 aliphatic rings. The molecule has 2 aromatic carbocycles. The number of amidine groups is 1. The van der Waals surface area contributed by atoms with E-state index in [0.717, 1.165) is 46.1 Å². The van der Waals surface area contributed by atoms with Crippen molar-refractivity contribution in [3.05, 3.63) is 88.7 Å². The largest absolute Gasteiger partial charge is 0.495 e. The zero-order valence-electron chi connectivity index (χ0n) is 16.3. The van der Waals surface area contributed by atoms with Crippen LogP contribution in [0.25, 0.3) is 0 Å². The first-order chi connectivity index (χ1) is 14.2. The number of ether oxygens (including phenoxy) is 1. The van der Waals surface area contributed by atoms with Crippen LogP contribution < -0.4 is 4.74 Å². The predicted octanol–water partition coefficient (Wildman–Crippen LogP) is 4.82. The van der Waals surface area contributed by atoms with Crippen molar-refractivity contribution < 1.29 is 9.84 Å². The monoisotopic (exact) mass is 453 g/mol. The van der Waals surface area contributed by atoms with Gasteiger partial charge in [0.05, 0.1) is 19.0 Å². The number of aliphatic imine (C=N–C) groups is 1. The van der Waals surface area contributed by atoms with Crippen LogP contribution in [-0.2, 0) is 6.54 Å². The third-order valence-corrected chi connectivity index (χ3v) is 4.88. The SMILES string of the molecule is COc1ccc(C2=Nc3ccc(Br)cc3CN2CCCO)nc1.c1ccccc1. The lowest BCUT2D eigenvalue weighted by Crippen LogP contribution is -2.35. The molecule has 150 valence electrons. The fraction of sp³-hybridized carbons (Fsp3) is 0.217. The van der Waals surface area contributed by atoms with Crippen molar-refractivity contribution in [2.75, 3.05) is 20.3 Å². The number of aromatic nitrogens is 1. The highest BCUT2D eigenvalue weighted by atomic mass is 79.9. The Morgan fingerprint density at radius 2 is 1.79 bits per heavy atom. The highest BCUT2D eigenvalue weighted by Crippen LogP contribution is 2.30. The smallest absolute Gasteiger partial charge is 0.155 e. The molecule has 0 saturated heterocycles. The molecule has 0 aliphatic carbocycles. The minimum atomic E-state index is 0.158. The second-order valence-corrected chi connectivity index (χ2v) is 7.36. The van der Waals surface area contributed by atoms with Crippen molar-refractivity contribution in [1.29, 1.82) is 0 Å². The second-order valence-electron chi connectivity index (χ2n) is 6.45. The van der Waals surface area contributed by atoms with Gasteiger partial charge < -0.3 is 14.7 Å². The van der Waals surface area contributed by atoms with Crippen LogP contribution in [0.4, 0.5) is 5.69 Å². The Balaban J connectivity index is 0.000000343. The maximum atomic E-state index is 9.16. The van der Waals surface area contributed by atoms with Gasteiger partial charge in [0.2, 0.25) is 0 Å². The van der Waals surface area contributed by atoms with Gasteiger partial charge >= 0.3 is 0 Å². The van der Waals surface area contributed by atoms with Gasteiger partial charge in [0.15, 0.2) is 5.84 Å². The molecule has 3 aromatic rings. The zero-order valence-corrected chi connectivity index (χ0v) is 17.9. The topological polar surface area (TPSA) is 58.0 Å². The summed E-state index contributed by atoms with van der Waals surface area (Å²) in [5, 5.41) is 9.16. The summed E-state index contributed by atoms with van der Waals surface area (Å²) < 4.78 is 6.20. The molecule has 0 unspecified atom stereocenters. The molecule has 0 saturated carbocycles. The molecular weight excluding hydrogens is 430 g/mol. The third-order valence-electron chi connectivity index (χ3n) is 4.38. The van der Waals surface area contributed by atoms with Gasteiger partial charge in [-0.2, -0.15) is 0 Å². The molecule has 4 rings (SSSR count). The molecule has 0 bridgehead atoms. The van der Waals surface area contributed by atoms with E-state index in [-0.39, 0.29) is 6.61 Å². The fourth-order valence-corrected chi connectivity index (χ4v) is 3.35. The molecule has 0 amide bonds. The molecule has 5 nitrogen and oxygen atoms in total. The molecule has 1 aromatic heterocycles. The summed E-state index contributed by atoms with van der Waals surface area (Å²) in [5.74, 6) is 1.55. The van der Waals surface area contributed by atoms with Crippen LogP contribution >= 0.6 is 15.9 Å². The number of halogens is 1. The van der Waals surface area contributed by atoms with Crippen molar-refractivity contribution in [2.45, 2.75) is 13.0 Å². The minimum Gasteiger partial charge on any atom is -0.495 e. The highest BCUT2D eigenvalue weighted by molar-refractivity contribution is 9.10. The van der Waals surface area contributed by atoms with Crippen LogP contribution in [0.15, 0.2) is 82.4 Å². The van der Waals surface area contributed by atoms with E-state index >= 15 is 0 Å². The Morgan fingerprint density at radius 1 is 1.07 bits per heavy atom. The van der Waals surface area contributed by atoms with Crippen molar-refractivity contribution in [1.82, 2.24) is 9.88 Å². The van der Waals surface area contributed by atoms with Crippen molar-refractivity contribution in [3.63, 3.8) is 0 Å². The Bertz CT molecular complexity index is 904. The maximum absolute atomic E-state index is 9.16. The van der Waals surface area contributed by atoms with E-state index in [1.54, 1.807) is 13.3 Å². The van der Waals surface area contributed by atoms with Gasteiger partial charge in [0, 0.05) is 24.2 Å². The van der Waals surface area contributed by atoms with Crippen LogP contribution in [0.5, 0.6) is 5.75 Å². The van der Waals surface area contributed by atoms with Gasteiger partial charge in [-0.05, 0) is 42.3 Å². The summed E-state index contributed by atoms with van der Waals surface area (Å²) >= 11 is 3.51. The standard InChI is InChI=1S/C17H18BrN3O2.C6H6/c1-23-14-4-6-16(19-10-14)17-20-15-5-3-13(18)9-12(15)11-21(17)7-2-8-22;1-2-4-6-5-3-1/h3-6,9-10,22H,2,7-8,11H2,1H3;1-6H. The zero-order chi connectivity index (χ0) is 20.5. The first-order valence-corrected chi connectivity index (χ1v) is 10.2. The Hall–Kier alpha value is -2.70. The van der Waals surface area contributed by atoms with Crippen molar-refractivity contribution >= 4 is 27.5 Å². The van der Waals surface area contributed by atoms with Gasteiger partial charge in [0.25, 0.3) is 0 Å². The molecule has 29 heavy (non-hydrogen) atoms. The Labute approximate surface area is 179 Å². The summed E-state index contributed by atoms with van der Waals surface area (Å²) in [6.45, 7) is 1.64. The molecule has 1 N–H and O–H groups in total. The minimum absolute atomic E-state index is 0.158. The number of benzene rings is 2. The Morgan fingerprint density at radius 3 is 2.38 bits per heavy atom. The van der Waals surface area contributed by atoms with Gasteiger partial charge in [-0.25, -0.2) is 9.98 Å². The van der Waals surface area contributed by atoms with E-state index in [2.05, 4.69) is 31.9 Å². The number of aliphatic hydroxyl groups is 1. The summed E-state index contributed by atoms with van der Waals surface area (Å²) in [6.07, 6.45) is 2.39. The van der Waals surface area contributed by atoms with Crippen LogP contribution in [0.2, 0.25) is 0 Å². The lowest BCUT2D eigenvalue weighted by molar-refractivity contribution is 0.264. The van der Waals surface area contributed by atoms with Gasteiger partial charge in [-0.15, -0.1) is 0 Å². The van der Waals surface area contributed by atoms with E-state index in [0.29, 0.717) is 6.42 Å². The lowest BCUT2D eigenvalue weighted by atomic mass is 10.1. The van der Waals surface area contributed by atoms with Crippen LogP contribution in [0.3, 0.4) is 0 Å². The number of fused-ring (bicyclic) bond motifs is 1. The predicted molar refractivity (Wildman–Crippen MR) is 120 cm³/mol. The van der Waals surface area contributed by atoms with E-state index < -0.39 is 0 Å². The van der Waals surface area contributed by atoms with E-state index in [1.807, 2.05) is 60.7 Å². The lowest BCUT2D eigenvalue weighted by Gasteiger charge is -2.30. The molecule has 6 heteroatoms. The quantitative estimate of drug-likeness (QED) is 0.601. The van der Waals surface area contributed by atoms with Crippen LogP contribution in [0.1, 0.15) is 17.7 Å². The second kappa shape index (κ2) is 10.7. The average Bonchev–Trinajstić information content (AvgIpc) is 2.78. The number of rotatable bonds is 5. The number of pyridine rings is 1. The Kier molecular flexibility index (Phi) is 7.78. The summed E-state index contributed by atoms with van der Waals surface area (Å²) in [5.41, 5.74) is 2.92. The molecule has 0 fully saturated rings. The van der Waals surface area contributed by atoms with E-state index in [9.17, 15) is 0 Å². The van der Waals surface area contributed by atoms with Gasteiger partial charge in [-0.3, -0.25) is 0 Å². The number of hydrogen-bond donors (Lipinski definition) is 1. The molecule has 0 radical (unpaired) electrons. The molecule has 2 heterocycles. The highest BCUT2D eigenvalue weighted by Gasteiger charge is 2.22. The summed E-state index contributed by atoms with van der Waals surface area (Å²) in [4.78, 5) is 11.4. The first-order valence-electron chi connectivity index (χ1n) is 9.44. The van der Waals surface area contributed by atoms with Gasteiger partial charge in [-0.1, -0.05) is 52.3 Å². The van der Waals surface area contributed by atoms with Crippen molar-refractivity contribution in [2.24, 2.45) is 4.99 Å². The fourth-order valence-electron chi connectivity index (χ4n) is 2.94. The first kappa shape index (κ1) is 21.0. The number of nitrogens with zero attached hydrogens (tertiary/aromatic N) is 3. The maximum Gasteiger partial charge on any atom is 0.155 e. The molecule has 1 aliphatic heterocycles. The average molecular weight is 454 g/mol. The summed E-state index contributed by atoms with van der Waals surface area (Å²) in [7, 11) is 1.62. The third kappa shape index (κ3) is 5.89.